The van der Waals surface area contributed by atoms with Crippen LogP contribution in [0.1, 0.15) is 24.2 Å². The number of hydrogen-bond acceptors (Lipinski definition) is 4. The van der Waals surface area contributed by atoms with E-state index in [4.69, 9.17) is 9.47 Å². The summed E-state index contributed by atoms with van der Waals surface area (Å²) in [5.41, 5.74) is 0.415. The van der Waals surface area contributed by atoms with Gasteiger partial charge in [0.05, 0.1) is 25.0 Å². The predicted molar refractivity (Wildman–Crippen MR) is 51.4 cm³/mol. The molecule has 0 radical (unpaired) electrons. The fraction of sp³-hybridized carbons (Fsp3) is 0.400. The monoisotopic (exact) mass is 195 g/mol. The Labute approximate surface area is 82.9 Å². The van der Waals surface area contributed by atoms with Gasteiger partial charge in [0.25, 0.3) is 0 Å². The molecule has 0 amide bonds. The first kappa shape index (κ1) is 10.5. The SMILES string of the molecule is CCOC(=O)c1cncc(OCC)c1. The lowest BCUT2D eigenvalue weighted by Crippen LogP contribution is -2.05. The number of aromatic nitrogens is 1. The van der Waals surface area contributed by atoms with Crippen molar-refractivity contribution in [3.8, 4) is 5.75 Å². The summed E-state index contributed by atoms with van der Waals surface area (Å²) in [6, 6.07) is 1.62. The van der Waals surface area contributed by atoms with Gasteiger partial charge in [0.15, 0.2) is 0 Å². The van der Waals surface area contributed by atoms with Crippen LogP contribution >= 0.6 is 0 Å². The molecule has 0 saturated carbocycles. The standard InChI is InChI=1S/C10H13NO3/c1-3-13-9-5-8(6-11-7-9)10(12)14-4-2/h5-7H,3-4H2,1-2H3. The minimum absolute atomic E-state index is 0.359. The van der Waals surface area contributed by atoms with Crippen molar-refractivity contribution in [3.63, 3.8) is 0 Å². The quantitative estimate of drug-likeness (QED) is 0.685. The van der Waals surface area contributed by atoms with Gasteiger partial charge in [-0.25, -0.2) is 4.79 Å². The van der Waals surface area contributed by atoms with Crippen LogP contribution in [0, 0.1) is 0 Å². The minimum atomic E-state index is -0.374. The molecule has 0 aromatic carbocycles. The summed E-state index contributed by atoms with van der Waals surface area (Å²) in [7, 11) is 0. The molecule has 0 aliphatic heterocycles. The second kappa shape index (κ2) is 5.21. The zero-order valence-electron chi connectivity index (χ0n) is 8.32. The van der Waals surface area contributed by atoms with Crippen LogP contribution in [-0.2, 0) is 4.74 Å². The summed E-state index contributed by atoms with van der Waals surface area (Å²) >= 11 is 0. The number of carbonyl (C=O) groups is 1. The molecule has 14 heavy (non-hydrogen) atoms. The van der Waals surface area contributed by atoms with Gasteiger partial charge in [-0.15, -0.1) is 0 Å². The van der Waals surface area contributed by atoms with E-state index in [1.165, 1.54) is 6.20 Å². The number of ether oxygens (including phenoxy) is 2. The zero-order valence-corrected chi connectivity index (χ0v) is 8.32. The molecule has 0 N–H and O–H groups in total. The lowest BCUT2D eigenvalue weighted by molar-refractivity contribution is 0.0525. The Morgan fingerprint density at radius 3 is 2.79 bits per heavy atom. The molecular weight excluding hydrogens is 182 g/mol. The number of pyridine rings is 1. The highest BCUT2D eigenvalue weighted by atomic mass is 16.5. The first-order chi connectivity index (χ1) is 6.77. The first-order valence-corrected chi connectivity index (χ1v) is 4.53. The van der Waals surface area contributed by atoms with Gasteiger partial charge in [0.2, 0.25) is 0 Å². The van der Waals surface area contributed by atoms with Crippen LogP contribution in [0.4, 0.5) is 0 Å². The predicted octanol–water partition coefficient (Wildman–Crippen LogP) is 1.66. The maximum atomic E-state index is 11.3. The second-order valence-electron chi connectivity index (χ2n) is 2.56. The van der Waals surface area contributed by atoms with Gasteiger partial charge in [0, 0.05) is 6.20 Å². The highest BCUT2D eigenvalue weighted by Gasteiger charge is 2.07. The minimum Gasteiger partial charge on any atom is -0.492 e. The third kappa shape index (κ3) is 2.73. The number of esters is 1. The fourth-order valence-electron chi connectivity index (χ4n) is 0.990. The average molecular weight is 195 g/mol. The summed E-state index contributed by atoms with van der Waals surface area (Å²) in [6.07, 6.45) is 3.02. The van der Waals surface area contributed by atoms with Crippen molar-refractivity contribution >= 4 is 5.97 Å². The summed E-state index contributed by atoms with van der Waals surface area (Å²) in [6.45, 7) is 4.54. The molecule has 4 nitrogen and oxygen atoms in total. The van der Waals surface area contributed by atoms with Gasteiger partial charge < -0.3 is 9.47 Å². The van der Waals surface area contributed by atoms with E-state index >= 15 is 0 Å². The van der Waals surface area contributed by atoms with Crippen LogP contribution in [0.3, 0.4) is 0 Å². The molecule has 0 bridgehead atoms. The molecule has 0 aliphatic carbocycles. The Morgan fingerprint density at radius 2 is 2.14 bits per heavy atom. The molecule has 4 heteroatoms. The van der Waals surface area contributed by atoms with Gasteiger partial charge >= 0.3 is 5.97 Å². The van der Waals surface area contributed by atoms with Crippen LogP contribution in [0.2, 0.25) is 0 Å². The Bertz CT molecular complexity index is 312. The van der Waals surface area contributed by atoms with Crippen LogP contribution in [0.15, 0.2) is 18.5 Å². The molecule has 0 saturated heterocycles. The summed E-state index contributed by atoms with van der Waals surface area (Å²) in [5, 5.41) is 0. The van der Waals surface area contributed by atoms with E-state index in [9.17, 15) is 4.79 Å². The zero-order chi connectivity index (χ0) is 10.4. The van der Waals surface area contributed by atoms with Gasteiger partial charge in [-0.1, -0.05) is 0 Å². The molecular formula is C10H13NO3. The van der Waals surface area contributed by atoms with Gasteiger partial charge in [-0.3, -0.25) is 4.98 Å². The maximum absolute atomic E-state index is 11.3. The molecule has 1 aromatic heterocycles. The van der Waals surface area contributed by atoms with Crippen molar-refractivity contribution in [3.05, 3.63) is 24.0 Å². The summed E-state index contributed by atoms with van der Waals surface area (Å²) < 4.78 is 10.0. The van der Waals surface area contributed by atoms with E-state index in [0.717, 1.165) is 0 Å². The Balaban J connectivity index is 2.77. The highest BCUT2D eigenvalue weighted by Crippen LogP contribution is 2.11. The van der Waals surface area contributed by atoms with Crippen LogP contribution in [0.5, 0.6) is 5.75 Å². The average Bonchev–Trinajstić information content (AvgIpc) is 2.19. The van der Waals surface area contributed by atoms with Crippen molar-refractivity contribution in [2.24, 2.45) is 0 Å². The fourth-order valence-corrected chi connectivity index (χ4v) is 0.990. The van der Waals surface area contributed by atoms with Crippen molar-refractivity contribution in [1.29, 1.82) is 0 Å². The van der Waals surface area contributed by atoms with Crippen molar-refractivity contribution in [1.82, 2.24) is 4.98 Å². The largest absolute Gasteiger partial charge is 0.492 e. The lowest BCUT2D eigenvalue weighted by Gasteiger charge is -2.04. The van der Waals surface area contributed by atoms with E-state index in [0.29, 0.717) is 24.5 Å². The van der Waals surface area contributed by atoms with E-state index in [2.05, 4.69) is 4.98 Å². The Kier molecular flexibility index (Phi) is 3.91. The lowest BCUT2D eigenvalue weighted by atomic mass is 10.3. The van der Waals surface area contributed by atoms with Gasteiger partial charge in [0.1, 0.15) is 5.75 Å². The summed E-state index contributed by atoms with van der Waals surface area (Å²) in [5.74, 6) is 0.208. The molecule has 76 valence electrons. The molecule has 0 aliphatic rings. The third-order valence-electron chi connectivity index (χ3n) is 1.54. The van der Waals surface area contributed by atoms with E-state index in [-0.39, 0.29) is 5.97 Å². The number of hydrogen-bond donors (Lipinski definition) is 0. The number of nitrogens with zero attached hydrogens (tertiary/aromatic N) is 1. The maximum Gasteiger partial charge on any atom is 0.339 e. The number of rotatable bonds is 4. The van der Waals surface area contributed by atoms with Crippen LogP contribution in [-0.4, -0.2) is 24.2 Å². The molecule has 0 fully saturated rings. The summed E-state index contributed by atoms with van der Waals surface area (Å²) in [4.78, 5) is 15.2. The highest BCUT2D eigenvalue weighted by molar-refractivity contribution is 5.89. The van der Waals surface area contributed by atoms with E-state index in [1.807, 2.05) is 6.92 Å². The Hall–Kier alpha value is -1.58. The van der Waals surface area contributed by atoms with Crippen molar-refractivity contribution in [2.45, 2.75) is 13.8 Å². The number of carbonyl (C=O) groups excluding carboxylic acids is 1. The van der Waals surface area contributed by atoms with Gasteiger partial charge in [-0.05, 0) is 19.9 Å². The normalized spacial score (nSPS) is 9.57. The van der Waals surface area contributed by atoms with Gasteiger partial charge in [-0.2, -0.15) is 0 Å². The molecule has 1 aromatic rings. The topological polar surface area (TPSA) is 48.4 Å². The van der Waals surface area contributed by atoms with E-state index < -0.39 is 0 Å². The smallest absolute Gasteiger partial charge is 0.339 e. The van der Waals surface area contributed by atoms with E-state index in [1.54, 1.807) is 19.2 Å². The van der Waals surface area contributed by atoms with Crippen molar-refractivity contribution < 1.29 is 14.3 Å². The molecule has 1 rings (SSSR count). The molecule has 1 heterocycles. The Morgan fingerprint density at radius 1 is 1.36 bits per heavy atom. The molecule has 0 unspecified atom stereocenters. The second-order valence-corrected chi connectivity index (χ2v) is 2.56. The van der Waals surface area contributed by atoms with Crippen LogP contribution < -0.4 is 4.74 Å². The van der Waals surface area contributed by atoms with Crippen molar-refractivity contribution in [2.75, 3.05) is 13.2 Å². The molecule has 0 atom stereocenters. The molecule has 0 spiro atoms. The van der Waals surface area contributed by atoms with Crippen LogP contribution in [0.25, 0.3) is 0 Å². The first-order valence-electron chi connectivity index (χ1n) is 4.53. The third-order valence-corrected chi connectivity index (χ3v) is 1.54.